The van der Waals surface area contributed by atoms with Crippen molar-refractivity contribution in [3.63, 3.8) is 0 Å². The minimum absolute atomic E-state index is 0.317. The van der Waals surface area contributed by atoms with Crippen LogP contribution in [0.5, 0.6) is 0 Å². The number of aliphatic hydroxyl groups excluding tert-OH is 3. The first-order valence-corrected chi connectivity index (χ1v) is 8.78. The van der Waals surface area contributed by atoms with E-state index in [9.17, 15) is 20.6 Å². The highest BCUT2D eigenvalue weighted by molar-refractivity contribution is 5.93. The second kappa shape index (κ2) is 6.81. The second-order valence-electron chi connectivity index (χ2n) is 6.84. The molecular weight excluding hydrogens is 338 g/mol. The van der Waals surface area contributed by atoms with Crippen molar-refractivity contribution in [2.45, 2.75) is 56.3 Å². The number of rotatable bonds is 4. The highest BCUT2D eigenvalue weighted by atomic mass is 16.6. The first-order chi connectivity index (χ1) is 12.6. The molecule has 2 aliphatic rings. The van der Waals surface area contributed by atoms with Crippen LogP contribution in [0.3, 0.4) is 0 Å². The van der Waals surface area contributed by atoms with Gasteiger partial charge in [0.05, 0.1) is 17.6 Å². The Morgan fingerprint density at radius 2 is 2.04 bits per heavy atom. The topological polar surface area (TPSA) is 136 Å². The fraction of sp³-hybridized carbons (Fsp3) is 0.588. The quantitative estimate of drug-likeness (QED) is 0.610. The van der Waals surface area contributed by atoms with Crippen LogP contribution in [0, 0.1) is 11.3 Å². The van der Waals surface area contributed by atoms with Crippen LogP contribution >= 0.6 is 0 Å². The van der Waals surface area contributed by atoms with Gasteiger partial charge in [-0.3, -0.25) is 0 Å². The molecule has 0 aromatic carbocycles. The number of nitrogens with one attached hydrogen (secondary N) is 1. The minimum Gasteiger partial charge on any atom is -0.394 e. The van der Waals surface area contributed by atoms with Gasteiger partial charge in [-0.05, 0) is 12.8 Å². The summed E-state index contributed by atoms with van der Waals surface area (Å²) in [5.41, 5.74) is 0.797. The Balaban J connectivity index is 1.76. The summed E-state index contributed by atoms with van der Waals surface area (Å²) in [6.07, 6.45) is 3.10. The zero-order valence-electron chi connectivity index (χ0n) is 14.1. The van der Waals surface area contributed by atoms with Gasteiger partial charge < -0.3 is 29.9 Å². The minimum atomic E-state index is -1.24. The molecule has 26 heavy (non-hydrogen) atoms. The molecule has 1 aliphatic heterocycles. The number of hydrogen-bond acceptors (Lipinski definition) is 8. The highest BCUT2D eigenvalue weighted by Gasteiger charge is 2.44. The van der Waals surface area contributed by atoms with Crippen molar-refractivity contribution in [2.24, 2.45) is 0 Å². The molecule has 2 fully saturated rings. The monoisotopic (exact) mass is 359 g/mol. The van der Waals surface area contributed by atoms with Gasteiger partial charge >= 0.3 is 0 Å². The highest BCUT2D eigenvalue weighted by Crippen LogP contribution is 2.35. The normalized spacial score (nSPS) is 29.3. The molecule has 0 amide bonds. The van der Waals surface area contributed by atoms with E-state index in [1.54, 1.807) is 6.20 Å². The summed E-state index contributed by atoms with van der Waals surface area (Å²) < 4.78 is 7.11. The maximum atomic E-state index is 10.3. The van der Waals surface area contributed by atoms with Gasteiger partial charge in [0.15, 0.2) is 6.23 Å². The number of aliphatic hydroxyl groups is 3. The van der Waals surface area contributed by atoms with E-state index in [0.29, 0.717) is 28.5 Å². The van der Waals surface area contributed by atoms with Crippen molar-refractivity contribution in [1.82, 2.24) is 14.5 Å². The Kier molecular flexibility index (Phi) is 4.50. The molecule has 2 aromatic heterocycles. The van der Waals surface area contributed by atoms with E-state index >= 15 is 0 Å². The van der Waals surface area contributed by atoms with Crippen LogP contribution in [-0.2, 0) is 4.74 Å². The van der Waals surface area contributed by atoms with Crippen molar-refractivity contribution >= 4 is 16.9 Å². The summed E-state index contributed by atoms with van der Waals surface area (Å²) in [7, 11) is 0. The molecule has 3 heterocycles. The van der Waals surface area contributed by atoms with Gasteiger partial charge in [0.1, 0.15) is 42.2 Å². The van der Waals surface area contributed by atoms with Crippen LogP contribution in [0.25, 0.3) is 11.0 Å². The second-order valence-corrected chi connectivity index (χ2v) is 6.84. The van der Waals surface area contributed by atoms with Gasteiger partial charge in [-0.2, -0.15) is 5.26 Å². The number of ether oxygens (including phenoxy) is 1. The third-order valence-electron chi connectivity index (χ3n) is 5.22. The summed E-state index contributed by atoms with van der Waals surface area (Å²) in [6, 6.07) is 2.46. The van der Waals surface area contributed by atoms with Crippen molar-refractivity contribution in [2.75, 3.05) is 11.9 Å². The third kappa shape index (κ3) is 2.71. The Bertz CT molecular complexity index is 842. The zero-order chi connectivity index (χ0) is 18.3. The van der Waals surface area contributed by atoms with Crippen LogP contribution in [0.2, 0.25) is 0 Å². The van der Waals surface area contributed by atoms with Crippen LogP contribution < -0.4 is 5.32 Å². The molecule has 1 aliphatic carbocycles. The van der Waals surface area contributed by atoms with Gasteiger partial charge in [0.2, 0.25) is 0 Å². The Labute approximate surface area is 149 Å². The van der Waals surface area contributed by atoms with Crippen molar-refractivity contribution in [3.05, 3.63) is 18.1 Å². The molecule has 0 bridgehead atoms. The first-order valence-electron chi connectivity index (χ1n) is 8.78. The lowest BCUT2D eigenvalue weighted by molar-refractivity contribution is -0.0508. The average molecular weight is 359 g/mol. The molecule has 1 saturated heterocycles. The SMILES string of the molecule is N#Cc1cn([C@@H]2O[C@H](CO)[C@@H](O)[C@H]2O)c2ncnc(NC3CCCC3)c12. The van der Waals surface area contributed by atoms with Crippen LogP contribution in [0.15, 0.2) is 12.5 Å². The fourth-order valence-corrected chi connectivity index (χ4v) is 3.85. The van der Waals surface area contributed by atoms with E-state index in [1.807, 2.05) is 0 Å². The molecule has 4 atom stereocenters. The Morgan fingerprint density at radius 1 is 1.27 bits per heavy atom. The lowest BCUT2D eigenvalue weighted by Gasteiger charge is -2.17. The molecule has 0 unspecified atom stereocenters. The molecule has 9 heteroatoms. The van der Waals surface area contributed by atoms with E-state index < -0.39 is 31.1 Å². The van der Waals surface area contributed by atoms with E-state index in [1.165, 1.54) is 23.7 Å². The van der Waals surface area contributed by atoms with Crippen LogP contribution in [-0.4, -0.2) is 60.8 Å². The van der Waals surface area contributed by atoms with Crippen LogP contribution in [0.1, 0.15) is 37.5 Å². The zero-order valence-corrected chi connectivity index (χ0v) is 14.1. The van der Waals surface area contributed by atoms with Crippen molar-refractivity contribution < 1.29 is 20.1 Å². The van der Waals surface area contributed by atoms with Gasteiger partial charge in [-0.15, -0.1) is 0 Å². The summed E-state index contributed by atoms with van der Waals surface area (Å²) in [5, 5.41) is 43.1. The first kappa shape index (κ1) is 17.2. The van der Waals surface area contributed by atoms with Crippen molar-refractivity contribution in [3.8, 4) is 6.07 Å². The lowest BCUT2D eigenvalue weighted by Crippen LogP contribution is -2.33. The molecule has 0 spiro atoms. The molecule has 2 aromatic rings. The van der Waals surface area contributed by atoms with E-state index in [4.69, 9.17) is 4.74 Å². The smallest absolute Gasteiger partial charge is 0.164 e. The summed E-state index contributed by atoms with van der Waals surface area (Å²) in [6.45, 7) is -0.414. The predicted octanol–water partition coefficient (Wildman–Crippen LogP) is 0.269. The summed E-state index contributed by atoms with van der Waals surface area (Å²) in [5.74, 6) is 0.587. The molecule has 1 saturated carbocycles. The molecule has 138 valence electrons. The molecule has 4 rings (SSSR count). The largest absolute Gasteiger partial charge is 0.394 e. The lowest BCUT2D eigenvalue weighted by atomic mass is 10.1. The standard InChI is InChI=1S/C17H21N5O4/c18-5-9-6-22(17-14(25)13(24)11(7-23)26-17)16-12(9)15(19-8-20-16)21-10-3-1-2-4-10/h6,8,10-11,13-14,17,23-25H,1-4,7H2,(H,19,20,21)/t11-,13-,14-,17-/m1/s1. The Morgan fingerprint density at radius 3 is 2.69 bits per heavy atom. The van der Waals surface area contributed by atoms with Gasteiger partial charge in [-0.25, -0.2) is 9.97 Å². The molecule has 9 nitrogen and oxygen atoms in total. The number of anilines is 1. The molecule has 4 N–H and O–H groups in total. The van der Waals surface area contributed by atoms with Gasteiger partial charge in [-0.1, -0.05) is 12.8 Å². The number of hydrogen-bond donors (Lipinski definition) is 4. The van der Waals surface area contributed by atoms with Crippen molar-refractivity contribution in [1.29, 1.82) is 5.26 Å². The summed E-state index contributed by atoms with van der Waals surface area (Å²) >= 11 is 0. The molecule has 0 radical (unpaired) electrons. The summed E-state index contributed by atoms with van der Waals surface area (Å²) in [4.78, 5) is 8.57. The Hall–Kier alpha value is -2.25. The van der Waals surface area contributed by atoms with Crippen LogP contribution in [0.4, 0.5) is 5.82 Å². The number of nitrogens with zero attached hydrogens (tertiary/aromatic N) is 4. The maximum absolute atomic E-state index is 10.3. The maximum Gasteiger partial charge on any atom is 0.164 e. The average Bonchev–Trinajstić information content (AvgIpc) is 3.35. The van der Waals surface area contributed by atoms with E-state index in [2.05, 4.69) is 21.4 Å². The van der Waals surface area contributed by atoms with E-state index in [-0.39, 0.29) is 0 Å². The van der Waals surface area contributed by atoms with E-state index in [0.717, 1.165) is 12.8 Å². The fourth-order valence-electron chi connectivity index (χ4n) is 3.85. The third-order valence-corrected chi connectivity index (χ3v) is 5.22. The molecular formula is C17H21N5O4. The number of fused-ring (bicyclic) bond motifs is 1. The van der Waals surface area contributed by atoms with Gasteiger partial charge in [0.25, 0.3) is 0 Å². The predicted molar refractivity (Wildman–Crippen MR) is 91.1 cm³/mol. The number of aromatic nitrogens is 3. The van der Waals surface area contributed by atoms with Gasteiger partial charge in [0, 0.05) is 12.2 Å². The number of nitriles is 1.